The molecule has 1 spiro atoms. The molecule has 3 aromatic carbocycles. The number of ketones is 1. The first-order chi connectivity index (χ1) is 39.5. The monoisotopic (exact) mass is 1140 g/mol. The van der Waals surface area contributed by atoms with Gasteiger partial charge in [0.25, 0.3) is 0 Å². The number of Topliss-reactive ketones (excluding diaryl/α,β-unsaturated/α-hetero) is 1. The van der Waals surface area contributed by atoms with Crippen molar-refractivity contribution in [3.8, 4) is 5.75 Å². The van der Waals surface area contributed by atoms with Crippen molar-refractivity contribution < 1.29 is 50.1 Å². The number of β-amino-alcohol motifs (C(OH)–C–C–N with tert-alkyl or cyclic N) is 1. The van der Waals surface area contributed by atoms with Gasteiger partial charge in [0.2, 0.25) is 5.91 Å². The van der Waals surface area contributed by atoms with E-state index < -0.39 is 76.8 Å². The van der Waals surface area contributed by atoms with E-state index in [1.807, 2.05) is 56.3 Å². The van der Waals surface area contributed by atoms with E-state index >= 15 is 4.79 Å². The highest BCUT2D eigenvalue weighted by Crippen LogP contribution is 2.63. The minimum absolute atomic E-state index is 0.0636. The van der Waals surface area contributed by atoms with Crippen LogP contribution < -0.4 is 33.2 Å². The number of methoxy groups -OCH3 is 1. The Kier molecular flexibility index (Phi) is 22.5. The topological polar surface area (TPSA) is 311 Å². The fourth-order valence-corrected chi connectivity index (χ4v) is 13.8. The first-order valence-electron chi connectivity index (χ1n) is 29.6. The number of benzene rings is 3. The summed E-state index contributed by atoms with van der Waals surface area (Å²) in [4.78, 5) is 33.7. The van der Waals surface area contributed by atoms with Gasteiger partial charge in [0.1, 0.15) is 23.7 Å². The lowest BCUT2D eigenvalue weighted by Crippen LogP contribution is -2.59. The number of ether oxygens (including phenoxy) is 1. The van der Waals surface area contributed by atoms with Crippen LogP contribution in [0.3, 0.4) is 0 Å². The van der Waals surface area contributed by atoms with Crippen LogP contribution in [0.25, 0.3) is 0 Å². The summed E-state index contributed by atoms with van der Waals surface area (Å²) in [5.41, 5.74) is 21.8. The van der Waals surface area contributed by atoms with E-state index in [0.29, 0.717) is 85.1 Å². The van der Waals surface area contributed by atoms with Gasteiger partial charge in [-0.25, -0.2) is 0 Å². The molecular formula is C66H93N7O10. The minimum atomic E-state index is -1.44. The number of aliphatic imine (C=N–C) groups is 1. The van der Waals surface area contributed by atoms with Crippen LogP contribution in [0, 0.1) is 23.2 Å². The van der Waals surface area contributed by atoms with Crippen molar-refractivity contribution in [1.82, 2.24) is 16.0 Å². The maximum absolute atomic E-state index is 15.1. The Labute approximate surface area is 490 Å². The van der Waals surface area contributed by atoms with Crippen LogP contribution in [0.2, 0.25) is 0 Å². The summed E-state index contributed by atoms with van der Waals surface area (Å²) in [7, 11) is 1.68. The molecule has 12 unspecified atom stereocenters. The van der Waals surface area contributed by atoms with Crippen molar-refractivity contribution in [3.05, 3.63) is 159 Å². The smallest absolute Gasteiger partial charge is 0.243 e. The molecule has 4 aliphatic rings. The van der Waals surface area contributed by atoms with E-state index in [4.69, 9.17) is 21.9 Å². The van der Waals surface area contributed by atoms with E-state index in [-0.39, 0.29) is 62.9 Å². The number of guanidine groups is 1. The number of aromatic hydroxyl groups is 1. The normalized spacial score (nSPS) is 28.4. The number of aliphatic hydroxyl groups excluding tert-OH is 4. The summed E-state index contributed by atoms with van der Waals surface area (Å²) in [5, 5.41) is 93.2. The standard InChI is InChI=1S/C66H93N7O10/c1-40(2)25-30-66(82,72-31-8-7-9-32-83-6)41(3)13-10-17-47(39-74)51-27-29-65(60(51)79)55-24-23-49(76)34-43-14-11-15-44(33-43)35-53(54(37-71-63(68)69)45-19-21-48(75)22-20-45)57(78)38-70-59-58-46(16-12-18-52(58)61(67)73-62(59)80)36-56(77)42(4)50(55)26-28-64(65,5)81/h10-22,25,33,49,51,53-55,57,59-61,70,72,74-76,78-79,81-82H,3,7-9,23-24,26-32,34-39,67H2,1-2,4-6H3,(H,73,80)(H4,68,69,71). The molecule has 3 aromatic rings. The van der Waals surface area contributed by atoms with Crippen molar-refractivity contribution in [3.63, 3.8) is 0 Å². The fourth-order valence-electron chi connectivity index (χ4n) is 13.8. The number of nitrogens with zero attached hydrogens (tertiary/aromatic N) is 1. The van der Waals surface area contributed by atoms with Crippen LogP contribution in [0.5, 0.6) is 5.75 Å². The largest absolute Gasteiger partial charge is 0.508 e. The predicted octanol–water partition coefficient (Wildman–Crippen LogP) is 5.91. The van der Waals surface area contributed by atoms with Crippen LogP contribution in [0.1, 0.15) is 143 Å². The van der Waals surface area contributed by atoms with Gasteiger partial charge in [0, 0.05) is 56.9 Å². The zero-order chi connectivity index (χ0) is 60.2. The van der Waals surface area contributed by atoms with Crippen molar-refractivity contribution in [1.29, 1.82) is 0 Å². The molecule has 17 nitrogen and oxygen atoms in total. The zero-order valence-electron chi connectivity index (χ0n) is 49.3. The molecule has 17 heteroatoms. The number of unbranched alkanes of at least 4 members (excludes halogenated alkanes) is 2. The number of nitrogens with one attached hydrogen (secondary N) is 3. The predicted molar refractivity (Wildman–Crippen MR) is 324 cm³/mol. The van der Waals surface area contributed by atoms with Crippen molar-refractivity contribution in [2.24, 2.45) is 45.4 Å². The molecule has 16 N–H and O–H groups in total. The molecule has 0 saturated heterocycles. The molecule has 0 radical (unpaired) electrons. The molecule has 2 heterocycles. The lowest BCUT2D eigenvalue weighted by molar-refractivity contribution is -0.168. The van der Waals surface area contributed by atoms with Crippen molar-refractivity contribution in [2.45, 2.75) is 159 Å². The Morgan fingerprint density at radius 3 is 2.41 bits per heavy atom. The quantitative estimate of drug-likeness (QED) is 0.0176. The molecule has 12 atom stereocenters. The van der Waals surface area contributed by atoms with Crippen molar-refractivity contribution in [2.75, 3.05) is 40.0 Å². The summed E-state index contributed by atoms with van der Waals surface area (Å²) >= 11 is 0. The number of hydrogen-bond donors (Lipinski definition) is 13. The van der Waals surface area contributed by atoms with E-state index in [1.54, 1.807) is 69.5 Å². The van der Waals surface area contributed by atoms with E-state index in [2.05, 4.69) is 27.5 Å². The van der Waals surface area contributed by atoms with Crippen molar-refractivity contribution >= 4 is 17.6 Å². The van der Waals surface area contributed by atoms with E-state index in [1.165, 1.54) is 0 Å². The third-order valence-electron chi connectivity index (χ3n) is 18.5. The van der Waals surface area contributed by atoms with Gasteiger partial charge in [0.05, 0.1) is 30.5 Å². The minimum Gasteiger partial charge on any atom is -0.508 e. The number of carbonyl (C=O) groups excluding carboxylic acids is 2. The number of amides is 1. The molecular weight excluding hydrogens is 1050 g/mol. The molecule has 0 aromatic heterocycles. The van der Waals surface area contributed by atoms with E-state index in [9.17, 15) is 40.5 Å². The SMILES string of the molecule is C=C(C=CC=C(CO)C1CCC2(C3CCC(O)Cc4cccc(c4)CC(C(CN=C(N)N)c4ccc(O)cc4)C(O)CNC4C(=O)NC(N)c5cccc(c54)CC(=O)C(C)=C3CCC2(C)O)C1O)C(O)(CC=C(C)C)NCCCCCOC. The highest BCUT2D eigenvalue weighted by Gasteiger charge is 2.64. The highest BCUT2D eigenvalue weighted by atomic mass is 16.5. The Bertz CT molecular complexity index is 2890. The van der Waals surface area contributed by atoms with Gasteiger partial charge in [-0.3, -0.25) is 25.2 Å². The number of aliphatic hydroxyl groups is 6. The van der Waals surface area contributed by atoms with Gasteiger partial charge in [-0.15, -0.1) is 0 Å². The Morgan fingerprint density at radius 1 is 0.988 bits per heavy atom. The number of carbonyl (C=O) groups is 2. The number of nitrogens with two attached hydrogens (primary N) is 3. The van der Waals surface area contributed by atoms with Gasteiger partial charge in [-0.05, 0) is 179 Å². The Hall–Kier alpha value is -5.83. The number of rotatable bonds is 18. The number of phenols is 1. The summed E-state index contributed by atoms with van der Waals surface area (Å²) in [6, 6.07) is 18.9. The number of hydrogen-bond acceptors (Lipinski definition) is 14. The third kappa shape index (κ3) is 15.4. The summed E-state index contributed by atoms with van der Waals surface area (Å²) in [5.74, 6) is -2.93. The Morgan fingerprint density at radius 2 is 1.71 bits per heavy atom. The summed E-state index contributed by atoms with van der Waals surface area (Å²) in [6.07, 6.45) is 8.53. The van der Waals surface area contributed by atoms with Gasteiger partial charge < -0.3 is 63.0 Å². The maximum Gasteiger partial charge on any atom is 0.243 e. The zero-order valence-corrected chi connectivity index (χ0v) is 49.3. The molecule has 1 amide bonds. The Balaban J connectivity index is 1.27. The second-order valence-corrected chi connectivity index (χ2v) is 24.2. The highest BCUT2D eigenvalue weighted by molar-refractivity contribution is 5.98. The number of phenolic OH excluding ortho intramolecular Hbond substituents is 1. The molecule has 7 rings (SSSR count). The third-order valence-corrected chi connectivity index (χ3v) is 18.5. The molecule has 452 valence electrons. The van der Waals surface area contributed by atoms with E-state index in [0.717, 1.165) is 47.1 Å². The molecule has 2 fully saturated rings. The lowest BCUT2D eigenvalue weighted by Gasteiger charge is -2.56. The molecule has 2 aliphatic heterocycles. The van der Waals surface area contributed by atoms with Gasteiger partial charge in [-0.1, -0.05) is 96.6 Å². The fraction of sp³-hybridized carbons (Fsp3) is 0.530. The van der Waals surface area contributed by atoms with Crippen LogP contribution in [-0.4, -0.2) is 123 Å². The van der Waals surface area contributed by atoms with Gasteiger partial charge in [-0.2, -0.15) is 0 Å². The second kappa shape index (κ2) is 28.8. The number of fused-ring (bicyclic) bond motifs is 4. The lowest BCUT2D eigenvalue weighted by atomic mass is 9.52. The average Bonchev–Trinajstić information content (AvgIpc) is 2.16. The summed E-state index contributed by atoms with van der Waals surface area (Å²) in [6.45, 7) is 12.6. The van der Waals surface area contributed by atoms with Gasteiger partial charge >= 0.3 is 0 Å². The first kappa shape index (κ1) is 64.7. The molecule has 2 aliphatic carbocycles. The summed E-state index contributed by atoms with van der Waals surface area (Å²) < 4.78 is 5.19. The molecule has 83 heavy (non-hydrogen) atoms. The first-order valence-corrected chi connectivity index (χ1v) is 29.6. The van der Waals surface area contributed by atoms with Crippen LogP contribution >= 0.6 is 0 Å². The molecule has 2 bridgehead atoms. The maximum atomic E-state index is 15.1. The van der Waals surface area contributed by atoms with Crippen LogP contribution in [0.15, 0.2) is 130 Å². The second-order valence-electron chi connectivity index (χ2n) is 24.2. The average molecular weight is 1140 g/mol. The molecule has 2 saturated carbocycles. The van der Waals surface area contributed by atoms with Crippen LogP contribution in [-0.2, 0) is 33.6 Å². The van der Waals surface area contributed by atoms with Gasteiger partial charge in [0.15, 0.2) is 11.7 Å². The van der Waals surface area contributed by atoms with Crippen LogP contribution in [0.4, 0.5) is 0 Å². The number of allylic oxidation sites excluding steroid dienone is 5.